The number of hydrogen-bond donors (Lipinski definition) is 1. The predicted molar refractivity (Wildman–Crippen MR) is 108 cm³/mol. The number of rotatable bonds is 3. The van der Waals surface area contributed by atoms with E-state index >= 15 is 0 Å². The average Bonchev–Trinajstić information content (AvgIpc) is 3.20. The molecule has 4 rings (SSSR count). The number of aryl methyl sites for hydroxylation is 2. The third kappa shape index (κ3) is 3.91. The van der Waals surface area contributed by atoms with Crippen molar-refractivity contribution in [1.29, 1.82) is 0 Å². The number of nitrogens with one attached hydrogen (secondary N) is 1. The Kier molecular flexibility index (Phi) is 5.10. The first-order chi connectivity index (χ1) is 13.6. The van der Waals surface area contributed by atoms with Crippen LogP contribution >= 0.6 is 0 Å². The van der Waals surface area contributed by atoms with Gasteiger partial charge in [-0.05, 0) is 45.2 Å². The predicted octanol–water partition coefficient (Wildman–Crippen LogP) is 5.11. The largest absolute Gasteiger partial charge is 0.337 e. The molecule has 6 nitrogen and oxygen atoms in total. The molecule has 2 amide bonds. The van der Waals surface area contributed by atoms with Crippen molar-refractivity contribution in [2.75, 3.05) is 11.9 Å². The lowest BCUT2D eigenvalue weighted by molar-refractivity contribution is 0.142. The van der Waals surface area contributed by atoms with Crippen LogP contribution in [-0.2, 0) is 0 Å². The Morgan fingerprint density at radius 3 is 2.43 bits per heavy atom. The van der Waals surface area contributed by atoms with Crippen LogP contribution in [0.2, 0.25) is 0 Å². The Balaban J connectivity index is 1.53. The zero-order valence-electron chi connectivity index (χ0n) is 16.2. The van der Waals surface area contributed by atoms with Gasteiger partial charge in [0.2, 0.25) is 11.7 Å². The topological polar surface area (TPSA) is 71.3 Å². The summed E-state index contributed by atoms with van der Waals surface area (Å²) < 4.78 is 5.55. The van der Waals surface area contributed by atoms with Gasteiger partial charge in [-0.3, -0.25) is 0 Å². The van der Waals surface area contributed by atoms with E-state index in [9.17, 15) is 4.79 Å². The first kappa shape index (κ1) is 18.2. The molecule has 1 aromatic heterocycles. The summed E-state index contributed by atoms with van der Waals surface area (Å²) in [4.78, 5) is 19.3. The molecule has 0 radical (unpaired) electrons. The molecule has 2 heterocycles. The van der Waals surface area contributed by atoms with Gasteiger partial charge in [0.15, 0.2) is 0 Å². The van der Waals surface area contributed by atoms with Gasteiger partial charge in [0.1, 0.15) is 6.04 Å². The molecule has 1 fully saturated rings. The van der Waals surface area contributed by atoms with Gasteiger partial charge in [-0.15, -0.1) is 0 Å². The van der Waals surface area contributed by atoms with Crippen LogP contribution in [0, 0.1) is 13.8 Å². The van der Waals surface area contributed by atoms with Crippen molar-refractivity contribution in [3.63, 3.8) is 0 Å². The van der Waals surface area contributed by atoms with E-state index in [0.717, 1.165) is 36.1 Å². The number of aromatic nitrogens is 2. The third-order valence-corrected chi connectivity index (χ3v) is 5.10. The number of urea groups is 1. The summed E-state index contributed by atoms with van der Waals surface area (Å²) in [6.45, 7) is 4.73. The Morgan fingerprint density at radius 2 is 1.71 bits per heavy atom. The van der Waals surface area contributed by atoms with Gasteiger partial charge in [-0.25, -0.2) is 4.79 Å². The smallest absolute Gasteiger partial charge is 0.322 e. The summed E-state index contributed by atoms with van der Waals surface area (Å²) in [5.41, 5.74) is 4.03. The number of likely N-dealkylation sites (tertiary alicyclic amines) is 1. The number of hydrogen-bond acceptors (Lipinski definition) is 4. The summed E-state index contributed by atoms with van der Waals surface area (Å²) >= 11 is 0. The van der Waals surface area contributed by atoms with E-state index in [-0.39, 0.29) is 12.1 Å². The maximum Gasteiger partial charge on any atom is 0.322 e. The second-order valence-electron chi connectivity index (χ2n) is 7.32. The molecule has 0 aliphatic carbocycles. The standard InChI is InChI=1S/C22H24N4O2/c1-15-6-10-17(11-7-15)20-24-21(28-25-20)19-5-3-4-14-26(19)22(27)23-18-12-8-16(2)9-13-18/h6-13,19H,3-5,14H2,1-2H3,(H,23,27). The highest BCUT2D eigenvalue weighted by atomic mass is 16.5. The van der Waals surface area contributed by atoms with Crippen molar-refractivity contribution < 1.29 is 9.32 Å². The van der Waals surface area contributed by atoms with E-state index in [0.29, 0.717) is 18.3 Å². The van der Waals surface area contributed by atoms with Crippen LogP contribution < -0.4 is 5.32 Å². The van der Waals surface area contributed by atoms with Gasteiger partial charge >= 0.3 is 6.03 Å². The number of carbonyl (C=O) groups is 1. The SMILES string of the molecule is Cc1ccc(NC(=O)N2CCCCC2c2nc(-c3ccc(C)cc3)no2)cc1. The van der Waals surface area contributed by atoms with Gasteiger partial charge in [0, 0.05) is 17.8 Å². The fraction of sp³-hybridized carbons (Fsp3) is 0.318. The zero-order chi connectivity index (χ0) is 19.5. The van der Waals surface area contributed by atoms with Crippen molar-refractivity contribution >= 4 is 11.7 Å². The monoisotopic (exact) mass is 376 g/mol. The van der Waals surface area contributed by atoms with Gasteiger partial charge < -0.3 is 14.7 Å². The van der Waals surface area contributed by atoms with Crippen LogP contribution in [-0.4, -0.2) is 27.6 Å². The molecule has 6 heteroatoms. The maximum atomic E-state index is 12.9. The molecule has 1 aliphatic rings. The number of nitrogens with zero attached hydrogens (tertiary/aromatic N) is 3. The van der Waals surface area contributed by atoms with Crippen LogP contribution in [0.25, 0.3) is 11.4 Å². The van der Waals surface area contributed by atoms with Gasteiger partial charge in [-0.1, -0.05) is 52.7 Å². The highest BCUT2D eigenvalue weighted by Gasteiger charge is 2.32. The Hall–Kier alpha value is -3.15. The lowest BCUT2D eigenvalue weighted by Gasteiger charge is -2.33. The Morgan fingerprint density at radius 1 is 1.04 bits per heavy atom. The quantitative estimate of drug-likeness (QED) is 0.689. The second-order valence-corrected chi connectivity index (χ2v) is 7.32. The minimum atomic E-state index is -0.203. The minimum Gasteiger partial charge on any atom is -0.337 e. The molecule has 2 aromatic carbocycles. The highest BCUT2D eigenvalue weighted by molar-refractivity contribution is 5.89. The molecule has 0 saturated carbocycles. The fourth-order valence-corrected chi connectivity index (χ4v) is 3.45. The van der Waals surface area contributed by atoms with E-state index < -0.39 is 0 Å². The molecule has 144 valence electrons. The van der Waals surface area contributed by atoms with Crippen molar-refractivity contribution in [1.82, 2.24) is 15.0 Å². The highest BCUT2D eigenvalue weighted by Crippen LogP contribution is 2.31. The molecule has 1 N–H and O–H groups in total. The second kappa shape index (κ2) is 7.84. The van der Waals surface area contributed by atoms with Gasteiger partial charge in [0.25, 0.3) is 0 Å². The normalized spacial score (nSPS) is 16.8. The van der Waals surface area contributed by atoms with E-state index in [4.69, 9.17) is 4.52 Å². The molecule has 1 aliphatic heterocycles. The van der Waals surface area contributed by atoms with Crippen LogP contribution in [0.4, 0.5) is 10.5 Å². The van der Waals surface area contributed by atoms with Crippen LogP contribution in [0.1, 0.15) is 42.3 Å². The molecular formula is C22H24N4O2. The summed E-state index contributed by atoms with van der Waals surface area (Å²) in [7, 11) is 0. The van der Waals surface area contributed by atoms with E-state index in [1.54, 1.807) is 4.90 Å². The summed E-state index contributed by atoms with van der Waals surface area (Å²) in [6.07, 6.45) is 2.81. The summed E-state index contributed by atoms with van der Waals surface area (Å²) in [5, 5.41) is 7.11. The molecule has 0 bridgehead atoms. The van der Waals surface area contributed by atoms with Crippen molar-refractivity contribution in [3.8, 4) is 11.4 Å². The van der Waals surface area contributed by atoms with E-state index in [2.05, 4.69) is 15.5 Å². The number of amides is 2. The average molecular weight is 376 g/mol. The molecule has 1 atom stereocenters. The van der Waals surface area contributed by atoms with E-state index in [1.807, 2.05) is 62.4 Å². The Labute approximate surface area is 164 Å². The Bertz CT molecular complexity index is 947. The van der Waals surface area contributed by atoms with Crippen molar-refractivity contribution in [2.24, 2.45) is 0 Å². The van der Waals surface area contributed by atoms with Gasteiger partial charge in [-0.2, -0.15) is 4.98 Å². The molecule has 1 unspecified atom stereocenters. The lowest BCUT2D eigenvalue weighted by Crippen LogP contribution is -2.41. The third-order valence-electron chi connectivity index (χ3n) is 5.10. The fourth-order valence-electron chi connectivity index (χ4n) is 3.45. The van der Waals surface area contributed by atoms with E-state index in [1.165, 1.54) is 5.56 Å². The lowest BCUT2D eigenvalue weighted by atomic mass is 10.0. The van der Waals surface area contributed by atoms with Gasteiger partial charge in [0.05, 0.1) is 0 Å². The molecule has 3 aromatic rings. The first-order valence-corrected chi connectivity index (χ1v) is 9.65. The maximum absolute atomic E-state index is 12.9. The molecule has 28 heavy (non-hydrogen) atoms. The van der Waals surface area contributed by atoms with Crippen molar-refractivity contribution in [2.45, 2.75) is 39.2 Å². The minimum absolute atomic E-state index is 0.136. The molecular weight excluding hydrogens is 352 g/mol. The molecule has 1 saturated heterocycles. The number of piperidine rings is 1. The van der Waals surface area contributed by atoms with Crippen LogP contribution in [0.5, 0.6) is 0 Å². The number of benzene rings is 2. The van der Waals surface area contributed by atoms with Crippen LogP contribution in [0.3, 0.4) is 0 Å². The molecule has 0 spiro atoms. The summed E-state index contributed by atoms with van der Waals surface area (Å²) in [5.74, 6) is 1.05. The number of anilines is 1. The first-order valence-electron chi connectivity index (χ1n) is 9.65. The number of carbonyl (C=O) groups excluding carboxylic acids is 1. The van der Waals surface area contributed by atoms with Crippen molar-refractivity contribution in [3.05, 3.63) is 65.5 Å². The zero-order valence-corrected chi connectivity index (χ0v) is 16.2. The van der Waals surface area contributed by atoms with Crippen LogP contribution in [0.15, 0.2) is 53.1 Å². The summed E-state index contributed by atoms with van der Waals surface area (Å²) in [6, 6.07) is 15.4.